The van der Waals surface area contributed by atoms with E-state index in [2.05, 4.69) is 69.2 Å². The summed E-state index contributed by atoms with van der Waals surface area (Å²) in [6.07, 6.45) is 14.1. The summed E-state index contributed by atoms with van der Waals surface area (Å²) in [5.74, 6) is 1.67. The molecular weight excluding hydrogens is 472 g/mol. The van der Waals surface area contributed by atoms with Gasteiger partial charge in [-0.05, 0) is 44.7 Å². The van der Waals surface area contributed by atoms with E-state index in [1.54, 1.807) is 0 Å². The molecule has 0 unspecified atom stereocenters. The number of nitrogens with zero attached hydrogens (tertiary/aromatic N) is 2. The molecule has 0 bridgehead atoms. The van der Waals surface area contributed by atoms with Gasteiger partial charge in [0, 0.05) is 11.8 Å². The van der Waals surface area contributed by atoms with Crippen molar-refractivity contribution in [1.29, 1.82) is 0 Å². The van der Waals surface area contributed by atoms with Gasteiger partial charge in [-0.15, -0.1) is 0 Å². The van der Waals surface area contributed by atoms with Crippen molar-refractivity contribution in [3.8, 4) is 0 Å². The van der Waals surface area contributed by atoms with E-state index in [1.165, 1.54) is 138 Å². The summed E-state index contributed by atoms with van der Waals surface area (Å²) in [5, 5.41) is 16.7. The van der Waals surface area contributed by atoms with Gasteiger partial charge in [-0.25, -0.2) is 0 Å². The van der Waals surface area contributed by atoms with E-state index in [0.29, 0.717) is 0 Å². The van der Waals surface area contributed by atoms with Crippen LogP contribution in [0.1, 0.15) is 146 Å². The first-order valence-electron chi connectivity index (χ1n) is 16.5. The van der Waals surface area contributed by atoms with Crippen LogP contribution in [-0.2, 0) is 0 Å². The molecule has 0 radical (unpaired) electrons. The Hall–Kier alpha value is -0.810. The first-order valence-corrected chi connectivity index (χ1v) is 16.5. The summed E-state index contributed by atoms with van der Waals surface area (Å²) in [6, 6.07) is 0. The van der Waals surface area contributed by atoms with Crippen LogP contribution in [0.5, 0.6) is 0 Å². The van der Waals surface area contributed by atoms with Crippen molar-refractivity contribution in [3.63, 3.8) is 0 Å². The molecule has 0 aliphatic heterocycles. The molecule has 0 amide bonds. The van der Waals surface area contributed by atoms with E-state index >= 15 is 0 Å². The number of rotatable bonds is 22. The Balaban J connectivity index is -0.000000564. The van der Waals surface area contributed by atoms with Crippen molar-refractivity contribution in [2.45, 2.75) is 146 Å². The second kappa shape index (κ2) is 27.7. The van der Waals surface area contributed by atoms with Gasteiger partial charge in [0.2, 0.25) is 0 Å². The highest BCUT2D eigenvalue weighted by atomic mass is 16.6. The van der Waals surface area contributed by atoms with Crippen LogP contribution in [0.2, 0.25) is 0 Å². The normalized spacial score (nSPS) is 11.7. The second-order valence-corrected chi connectivity index (χ2v) is 12.5. The van der Waals surface area contributed by atoms with Crippen LogP contribution in [0.4, 0.5) is 4.79 Å². The zero-order chi connectivity index (χ0) is 29.9. The molecule has 0 saturated heterocycles. The number of carboxylic acid groups (broad SMARTS) is 2. The molecule has 0 heterocycles. The van der Waals surface area contributed by atoms with Crippen molar-refractivity contribution in [1.82, 2.24) is 0 Å². The minimum Gasteiger partial charge on any atom is -0.652 e. The number of carbonyl (C=O) groups is 1. The predicted molar refractivity (Wildman–Crippen MR) is 164 cm³/mol. The lowest BCUT2D eigenvalue weighted by atomic mass is 10.1. The van der Waals surface area contributed by atoms with E-state index in [0.717, 1.165) is 11.8 Å². The zero-order valence-corrected chi connectivity index (χ0v) is 27.9. The van der Waals surface area contributed by atoms with Gasteiger partial charge in [-0.3, -0.25) is 0 Å². The van der Waals surface area contributed by atoms with Crippen LogP contribution >= 0.6 is 0 Å². The molecule has 232 valence electrons. The highest BCUT2D eigenvalue weighted by Crippen LogP contribution is 2.19. The van der Waals surface area contributed by atoms with Gasteiger partial charge in [0.1, 0.15) is 0 Å². The Morgan fingerprint density at radius 3 is 0.737 bits per heavy atom. The van der Waals surface area contributed by atoms with Crippen molar-refractivity contribution in [3.05, 3.63) is 0 Å². The molecule has 0 aliphatic carbocycles. The highest BCUT2D eigenvalue weighted by molar-refractivity contribution is 5.47. The number of unbranched alkanes of at least 4 members (excludes halogenated alkanes) is 6. The molecule has 0 spiro atoms. The molecule has 0 aromatic carbocycles. The van der Waals surface area contributed by atoms with Gasteiger partial charge in [-0.1, -0.05) is 108 Å². The molecule has 0 N–H and O–H groups in total. The van der Waals surface area contributed by atoms with Crippen LogP contribution in [0.15, 0.2) is 0 Å². The highest BCUT2D eigenvalue weighted by Gasteiger charge is 2.27. The van der Waals surface area contributed by atoms with E-state index in [-0.39, 0.29) is 0 Å². The molecular formula is C33H72N2O3. The summed E-state index contributed by atoms with van der Waals surface area (Å²) >= 11 is 0. The summed E-state index contributed by atoms with van der Waals surface area (Å²) in [5.41, 5.74) is 0. The third-order valence-electron chi connectivity index (χ3n) is 7.42. The maximum atomic E-state index is 8.33. The minimum atomic E-state index is -2.33. The lowest BCUT2D eigenvalue weighted by Crippen LogP contribution is -2.52. The third kappa shape index (κ3) is 26.8. The Bertz CT molecular complexity index is 409. The Labute approximate surface area is 240 Å². The summed E-state index contributed by atoms with van der Waals surface area (Å²) in [4.78, 5) is 8.33. The van der Waals surface area contributed by atoms with E-state index in [1.807, 2.05) is 0 Å². The molecule has 5 nitrogen and oxygen atoms in total. The van der Waals surface area contributed by atoms with Gasteiger partial charge >= 0.3 is 0 Å². The first kappa shape index (κ1) is 41.7. The van der Waals surface area contributed by atoms with Gasteiger partial charge in [0.05, 0.1) is 52.4 Å². The summed E-state index contributed by atoms with van der Waals surface area (Å²) in [6.45, 7) is 34.7. The largest absolute Gasteiger partial charge is 0.652 e. The molecule has 0 aliphatic rings. The average molecular weight is 545 g/mol. The first-order chi connectivity index (χ1) is 17.9. The van der Waals surface area contributed by atoms with Crippen molar-refractivity contribution in [2.24, 2.45) is 11.8 Å². The van der Waals surface area contributed by atoms with Gasteiger partial charge in [-0.2, -0.15) is 0 Å². The van der Waals surface area contributed by atoms with Crippen molar-refractivity contribution >= 4 is 6.16 Å². The Morgan fingerprint density at radius 2 is 0.632 bits per heavy atom. The molecule has 0 aromatic heterocycles. The quantitative estimate of drug-likeness (QED) is 0.135. The number of carbonyl (C=O) groups excluding carboxylic acids is 1. The molecule has 0 aromatic rings. The number of hydrogen-bond acceptors (Lipinski definition) is 3. The zero-order valence-electron chi connectivity index (χ0n) is 27.9. The Morgan fingerprint density at radius 1 is 0.474 bits per heavy atom. The number of quaternary nitrogens is 2. The molecule has 0 atom stereocenters. The monoisotopic (exact) mass is 545 g/mol. The maximum Gasteiger partial charge on any atom is 0.0809 e. The van der Waals surface area contributed by atoms with Crippen LogP contribution in [0.3, 0.4) is 0 Å². The fraction of sp³-hybridized carbons (Fsp3) is 0.970. The lowest BCUT2D eigenvalue weighted by molar-refractivity contribution is -0.931. The maximum absolute atomic E-state index is 8.33. The molecule has 5 heteroatoms. The summed E-state index contributed by atoms with van der Waals surface area (Å²) < 4.78 is 2.79. The molecule has 38 heavy (non-hydrogen) atoms. The molecule has 0 fully saturated rings. The van der Waals surface area contributed by atoms with Crippen molar-refractivity contribution in [2.75, 3.05) is 52.4 Å². The van der Waals surface area contributed by atoms with Crippen LogP contribution in [-0.4, -0.2) is 67.5 Å². The van der Waals surface area contributed by atoms with Gasteiger partial charge in [0.25, 0.3) is 0 Å². The topological polar surface area (TPSA) is 63.2 Å². The summed E-state index contributed by atoms with van der Waals surface area (Å²) in [7, 11) is 0. The van der Waals surface area contributed by atoms with Gasteiger partial charge in [0.15, 0.2) is 0 Å². The second-order valence-electron chi connectivity index (χ2n) is 12.5. The average Bonchev–Trinajstić information content (AvgIpc) is 2.85. The Kier molecular flexibility index (Phi) is 30.4. The van der Waals surface area contributed by atoms with E-state index < -0.39 is 6.16 Å². The fourth-order valence-corrected chi connectivity index (χ4v) is 5.73. The molecule has 0 saturated carbocycles. The predicted octanol–water partition coefficient (Wildman–Crippen LogP) is 7.27. The fourth-order valence-electron chi connectivity index (χ4n) is 5.73. The number of hydrogen-bond donors (Lipinski definition) is 0. The van der Waals surface area contributed by atoms with Gasteiger partial charge < -0.3 is 24.0 Å². The van der Waals surface area contributed by atoms with E-state index in [9.17, 15) is 0 Å². The van der Waals surface area contributed by atoms with E-state index in [4.69, 9.17) is 15.0 Å². The minimum absolute atomic E-state index is 0.834. The van der Waals surface area contributed by atoms with Crippen LogP contribution < -0.4 is 10.2 Å². The van der Waals surface area contributed by atoms with Crippen LogP contribution in [0.25, 0.3) is 0 Å². The SMILES string of the molecule is CCCC[N+](CCCC)(CCCC)CC(C)C.CCCC[N+](CCCC)(CCCC)CC(C)C.O=C([O-])[O-]. The standard InChI is InChI=1S/2C16H36N.CH2O3/c2*1-6-9-12-17(13-10-7-2,14-11-8-3)15-16(4)5;2-1(3)4/h2*16H,6-15H2,1-5H3;(H2,2,3,4)/q2*+1;/p-2. The molecule has 0 rings (SSSR count). The lowest BCUT2D eigenvalue weighted by Gasteiger charge is -2.40. The third-order valence-corrected chi connectivity index (χ3v) is 7.42. The van der Waals surface area contributed by atoms with Crippen LogP contribution in [0, 0.1) is 11.8 Å². The van der Waals surface area contributed by atoms with Crippen molar-refractivity contribution < 1.29 is 24.0 Å². The smallest absolute Gasteiger partial charge is 0.0809 e.